The Morgan fingerprint density at radius 2 is 2.19 bits per heavy atom. The summed E-state index contributed by atoms with van der Waals surface area (Å²) in [5, 5.41) is 5.47. The molecule has 0 bridgehead atoms. The normalized spacial score (nSPS) is 15.8. The van der Waals surface area contributed by atoms with Crippen LogP contribution in [0.15, 0.2) is 22.9 Å². The van der Waals surface area contributed by atoms with Crippen molar-refractivity contribution in [2.24, 2.45) is 5.14 Å². The highest BCUT2D eigenvalue weighted by molar-refractivity contribution is 9.10. The molecule has 0 aliphatic rings. The number of nitrogens with two attached hydrogens (primary N) is 1. The van der Waals surface area contributed by atoms with Crippen molar-refractivity contribution < 1.29 is 4.21 Å². The number of hydrogen-bond donors (Lipinski definition) is 1. The fourth-order valence-corrected chi connectivity index (χ4v) is 2.26. The molecule has 0 saturated heterocycles. The van der Waals surface area contributed by atoms with E-state index in [1.807, 2.05) is 32.2 Å². The summed E-state index contributed by atoms with van der Waals surface area (Å²) < 4.78 is 11.8. The van der Waals surface area contributed by atoms with Crippen molar-refractivity contribution in [1.29, 1.82) is 0 Å². The fourth-order valence-electron chi connectivity index (χ4n) is 1.62. The van der Waals surface area contributed by atoms with E-state index in [-0.39, 0.29) is 4.75 Å². The molecule has 16 heavy (non-hydrogen) atoms. The van der Waals surface area contributed by atoms with Crippen molar-refractivity contribution in [1.82, 2.24) is 4.98 Å². The second kappa shape index (κ2) is 5.38. The van der Waals surface area contributed by atoms with Gasteiger partial charge in [0.05, 0.1) is 15.7 Å². The van der Waals surface area contributed by atoms with Crippen molar-refractivity contribution in [3.05, 3.63) is 28.5 Å². The van der Waals surface area contributed by atoms with Gasteiger partial charge < -0.3 is 0 Å². The minimum atomic E-state index is -1.30. The third-order valence-electron chi connectivity index (χ3n) is 2.66. The van der Waals surface area contributed by atoms with Crippen molar-refractivity contribution >= 4 is 26.9 Å². The zero-order valence-corrected chi connectivity index (χ0v) is 12.1. The van der Waals surface area contributed by atoms with Crippen molar-refractivity contribution in [3.63, 3.8) is 0 Å². The molecule has 0 spiro atoms. The Morgan fingerprint density at radius 3 is 2.62 bits per heavy atom. The summed E-state index contributed by atoms with van der Waals surface area (Å²) in [7, 11) is -1.30. The van der Waals surface area contributed by atoms with Crippen molar-refractivity contribution in [2.45, 2.75) is 37.9 Å². The first-order valence-electron chi connectivity index (χ1n) is 5.10. The number of nitrogens with zero attached hydrogens (tertiary/aromatic N) is 1. The van der Waals surface area contributed by atoms with Gasteiger partial charge in [0, 0.05) is 6.20 Å². The minimum Gasteiger partial charge on any atom is -0.251 e. The lowest BCUT2D eigenvalue weighted by molar-refractivity contribution is 0.540. The van der Waals surface area contributed by atoms with E-state index in [0.717, 1.165) is 16.6 Å². The average molecular weight is 305 g/mol. The van der Waals surface area contributed by atoms with Crippen LogP contribution in [0.4, 0.5) is 0 Å². The van der Waals surface area contributed by atoms with Crippen LogP contribution in [-0.4, -0.2) is 13.9 Å². The van der Waals surface area contributed by atoms with E-state index in [1.165, 1.54) is 0 Å². The van der Waals surface area contributed by atoms with E-state index < -0.39 is 11.0 Å². The Balaban J connectivity index is 2.76. The topological polar surface area (TPSA) is 56.0 Å². The van der Waals surface area contributed by atoms with Gasteiger partial charge in [-0.25, -0.2) is 9.19 Å². The van der Waals surface area contributed by atoms with Crippen LogP contribution in [0.5, 0.6) is 0 Å². The number of pyridine rings is 1. The molecular formula is C11H17BrN2OS. The summed E-state index contributed by atoms with van der Waals surface area (Å²) in [5.41, 5.74) is 1.14. The summed E-state index contributed by atoms with van der Waals surface area (Å²) in [5.74, 6) is 0.295. The van der Waals surface area contributed by atoms with Crippen LogP contribution in [0, 0.1) is 0 Å². The van der Waals surface area contributed by atoms with Gasteiger partial charge in [-0.05, 0) is 53.7 Å². The van der Waals surface area contributed by atoms with Crippen LogP contribution < -0.4 is 5.14 Å². The molecule has 2 N–H and O–H groups in total. The molecule has 0 fully saturated rings. The smallest absolute Gasteiger partial charge is 0.106 e. The molecule has 3 nitrogen and oxygen atoms in total. The molecule has 1 aromatic rings. The predicted molar refractivity (Wildman–Crippen MR) is 71.4 cm³/mol. The minimum absolute atomic E-state index is 0.295. The molecule has 1 rings (SSSR count). The first kappa shape index (κ1) is 13.8. The van der Waals surface area contributed by atoms with Crippen LogP contribution in [0.1, 0.15) is 38.7 Å². The molecule has 0 aliphatic carbocycles. The highest BCUT2D eigenvalue weighted by Crippen LogP contribution is 2.28. The van der Waals surface area contributed by atoms with E-state index in [2.05, 4.69) is 27.8 Å². The summed E-state index contributed by atoms with van der Waals surface area (Å²) in [4.78, 5) is 4.18. The highest BCUT2D eigenvalue weighted by Gasteiger charge is 2.26. The maximum atomic E-state index is 11.4. The van der Waals surface area contributed by atoms with E-state index in [1.54, 1.807) is 0 Å². The van der Waals surface area contributed by atoms with Gasteiger partial charge in [-0.3, -0.25) is 5.14 Å². The Labute approximate surface area is 108 Å². The van der Waals surface area contributed by atoms with Crippen LogP contribution in [0.25, 0.3) is 0 Å². The first-order chi connectivity index (χ1) is 7.33. The molecule has 5 heteroatoms. The summed E-state index contributed by atoms with van der Waals surface area (Å²) in [6, 6.07) is 3.94. The Hall–Kier alpha value is -0.260. The molecule has 0 radical (unpaired) electrons. The van der Waals surface area contributed by atoms with Crippen LogP contribution >= 0.6 is 15.9 Å². The van der Waals surface area contributed by atoms with Gasteiger partial charge in [-0.15, -0.1) is 0 Å². The molecule has 1 unspecified atom stereocenters. The van der Waals surface area contributed by atoms with Gasteiger partial charge in [0.1, 0.15) is 4.60 Å². The molecule has 0 aromatic carbocycles. The largest absolute Gasteiger partial charge is 0.251 e. The molecule has 0 aliphatic heterocycles. The lowest BCUT2D eigenvalue weighted by Crippen LogP contribution is -2.33. The van der Waals surface area contributed by atoms with Gasteiger partial charge in [0.25, 0.3) is 0 Å². The zero-order chi connectivity index (χ0) is 12.3. The Morgan fingerprint density at radius 1 is 1.56 bits per heavy atom. The van der Waals surface area contributed by atoms with Crippen LogP contribution in [0.2, 0.25) is 0 Å². The third-order valence-corrected chi connectivity index (χ3v) is 4.39. The Kier molecular flexibility index (Phi) is 4.64. The van der Waals surface area contributed by atoms with Gasteiger partial charge in [-0.2, -0.15) is 0 Å². The second-order valence-corrected chi connectivity index (χ2v) is 7.09. The molecule has 2 atom stereocenters. The lowest BCUT2D eigenvalue weighted by Gasteiger charge is -2.25. The van der Waals surface area contributed by atoms with Gasteiger partial charge >= 0.3 is 0 Å². The quantitative estimate of drug-likeness (QED) is 0.870. The molecule has 1 aromatic heterocycles. The highest BCUT2D eigenvalue weighted by atomic mass is 79.9. The SMILES string of the molecule is C[C@@H](CC(C)(C)S(N)=O)c1ccc(Br)nc1. The van der Waals surface area contributed by atoms with Crippen molar-refractivity contribution in [3.8, 4) is 0 Å². The Bertz CT molecular complexity index is 378. The van der Waals surface area contributed by atoms with Gasteiger partial charge in [-0.1, -0.05) is 13.0 Å². The monoisotopic (exact) mass is 304 g/mol. The summed E-state index contributed by atoms with van der Waals surface area (Å²) in [6.45, 7) is 5.94. The number of hydrogen-bond acceptors (Lipinski definition) is 2. The number of rotatable bonds is 4. The summed E-state index contributed by atoms with van der Waals surface area (Å²) >= 11 is 3.30. The number of halogens is 1. The van der Waals surface area contributed by atoms with Gasteiger partial charge in [0.2, 0.25) is 0 Å². The third kappa shape index (κ3) is 3.64. The predicted octanol–water partition coefficient (Wildman–Crippen LogP) is 2.74. The molecule has 0 amide bonds. The zero-order valence-electron chi connectivity index (χ0n) is 9.74. The lowest BCUT2D eigenvalue weighted by atomic mass is 9.92. The van der Waals surface area contributed by atoms with E-state index in [4.69, 9.17) is 5.14 Å². The van der Waals surface area contributed by atoms with Crippen LogP contribution in [0.3, 0.4) is 0 Å². The second-order valence-electron chi connectivity index (χ2n) is 4.58. The van der Waals surface area contributed by atoms with E-state index in [9.17, 15) is 4.21 Å². The standard InChI is InChI=1S/C11H17BrN2OS/c1-8(6-11(2,3)16(13)15)9-4-5-10(12)14-7-9/h4-5,7-8H,6,13H2,1-3H3/t8-,16?/m0/s1. The molecule has 90 valence electrons. The van der Waals surface area contributed by atoms with E-state index in [0.29, 0.717) is 5.92 Å². The van der Waals surface area contributed by atoms with Crippen molar-refractivity contribution in [2.75, 3.05) is 0 Å². The average Bonchev–Trinajstić information content (AvgIpc) is 2.17. The molecule has 1 heterocycles. The van der Waals surface area contributed by atoms with E-state index >= 15 is 0 Å². The molecule has 0 saturated carbocycles. The number of aromatic nitrogens is 1. The maximum Gasteiger partial charge on any atom is 0.106 e. The van der Waals surface area contributed by atoms with Gasteiger partial charge in [0.15, 0.2) is 0 Å². The molecular weight excluding hydrogens is 288 g/mol. The fraction of sp³-hybridized carbons (Fsp3) is 0.545. The first-order valence-corrected chi connectivity index (χ1v) is 7.11. The summed E-state index contributed by atoms with van der Waals surface area (Å²) in [6.07, 6.45) is 2.61. The maximum absolute atomic E-state index is 11.4. The van der Waals surface area contributed by atoms with Crippen LogP contribution in [-0.2, 0) is 11.0 Å².